The van der Waals surface area contributed by atoms with Crippen molar-refractivity contribution in [3.05, 3.63) is 17.0 Å². The van der Waals surface area contributed by atoms with E-state index < -0.39 is 29.2 Å². The molecule has 0 saturated heterocycles. The predicted octanol–water partition coefficient (Wildman–Crippen LogP) is 3.10. The van der Waals surface area contributed by atoms with Crippen LogP contribution >= 0.6 is 22.9 Å². The monoisotopic (exact) mass is 335 g/mol. The van der Waals surface area contributed by atoms with E-state index in [1.807, 2.05) is 0 Å². The van der Waals surface area contributed by atoms with E-state index in [1.165, 1.54) is 6.07 Å². The average Bonchev–Trinajstić information content (AvgIpc) is 2.74. The molecule has 0 N–H and O–H groups in total. The minimum Gasteiger partial charge on any atom is -0.206 e. The molecule has 0 atom stereocenters. The third-order valence-corrected chi connectivity index (χ3v) is 6.01. The third kappa shape index (κ3) is 4.94. The molecule has 9 heteroatoms. The van der Waals surface area contributed by atoms with Gasteiger partial charge in [0, 0.05) is 24.3 Å². The second-order valence-electron chi connectivity index (χ2n) is 3.85. The summed E-state index contributed by atoms with van der Waals surface area (Å²) in [5.41, 5.74) is 0. The quantitative estimate of drug-likeness (QED) is 0.749. The second kappa shape index (κ2) is 6.43. The standard InChI is InChI=1S/C10H13ClF3NO2S2/c1-15(7-5-10(12,13)14)19(16,17)9-3-2-8(18-9)4-6-11/h2-3H,4-7H2,1H3. The fourth-order valence-electron chi connectivity index (χ4n) is 1.28. The number of thiophene rings is 1. The van der Waals surface area contributed by atoms with Crippen molar-refractivity contribution in [1.82, 2.24) is 4.31 Å². The highest BCUT2D eigenvalue weighted by atomic mass is 35.5. The summed E-state index contributed by atoms with van der Waals surface area (Å²) in [4.78, 5) is 0.790. The van der Waals surface area contributed by atoms with Crippen LogP contribution < -0.4 is 0 Å². The van der Waals surface area contributed by atoms with Crippen molar-refractivity contribution >= 4 is 33.0 Å². The van der Waals surface area contributed by atoms with Crippen molar-refractivity contribution in [2.24, 2.45) is 0 Å². The van der Waals surface area contributed by atoms with E-state index in [4.69, 9.17) is 11.6 Å². The molecule has 0 fully saturated rings. The number of halogens is 4. The molecule has 0 unspecified atom stereocenters. The maximum atomic E-state index is 12.1. The van der Waals surface area contributed by atoms with E-state index in [-0.39, 0.29) is 4.21 Å². The molecule has 110 valence electrons. The number of aryl methyl sites for hydroxylation is 1. The van der Waals surface area contributed by atoms with Gasteiger partial charge in [0.1, 0.15) is 4.21 Å². The Kier molecular flexibility index (Phi) is 5.66. The van der Waals surface area contributed by atoms with Crippen LogP contribution in [0.15, 0.2) is 16.3 Å². The number of rotatable bonds is 6. The van der Waals surface area contributed by atoms with E-state index in [1.54, 1.807) is 6.07 Å². The van der Waals surface area contributed by atoms with Crippen molar-refractivity contribution in [3.63, 3.8) is 0 Å². The summed E-state index contributed by atoms with van der Waals surface area (Å²) in [6.07, 6.45) is -5.00. The van der Waals surface area contributed by atoms with Crippen LogP contribution in [-0.4, -0.2) is 38.4 Å². The second-order valence-corrected chi connectivity index (χ2v) is 7.67. The van der Waals surface area contributed by atoms with Gasteiger partial charge in [0.2, 0.25) is 0 Å². The van der Waals surface area contributed by atoms with Crippen LogP contribution in [0.4, 0.5) is 13.2 Å². The Labute approximate surface area is 119 Å². The number of hydrogen-bond acceptors (Lipinski definition) is 3. The van der Waals surface area contributed by atoms with Crippen molar-refractivity contribution in [2.75, 3.05) is 19.5 Å². The van der Waals surface area contributed by atoms with Gasteiger partial charge in [-0.05, 0) is 18.6 Å². The van der Waals surface area contributed by atoms with Gasteiger partial charge in [0.15, 0.2) is 0 Å². The highest BCUT2D eigenvalue weighted by molar-refractivity contribution is 7.91. The van der Waals surface area contributed by atoms with Crippen molar-refractivity contribution < 1.29 is 21.6 Å². The van der Waals surface area contributed by atoms with Crippen LogP contribution in [0.5, 0.6) is 0 Å². The molecule has 1 aromatic rings. The van der Waals surface area contributed by atoms with E-state index in [0.717, 1.165) is 27.6 Å². The lowest BCUT2D eigenvalue weighted by atomic mass is 10.4. The zero-order chi connectivity index (χ0) is 14.7. The molecule has 1 rings (SSSR count). The van der Waals surface area contributed by atoms with Gasteiger partial charge in [-0.25, -0.2) is 8.42 Å². The number of alkyl halides is 4. The molecule has 0 saturated carbocycles. The minimum absolute atomic E-state index is 0.0392. The summed E-state index contributed by atoms with van der Waals surface area (Å²) in [5, 5.41) is 0. The van der Waals surface area contributed by atoms with Crippen LogP contribution in [-0.2, 0) is 16.4 Å². The highest BCUT2D eigenvalue weighted by Crippen LogP contribution is 2.26. The first-order valence-corrected chi connectivity index (χ1v) is 8.13. The van der Waals surface area contributed by atoms with Crippen LogP contribution in [0.2, 0.25) is 0 Å². The fraction of sp³-hybridized carbons (Fsp3) is 0.600. The number of nitrogens with zero attached hydrogens (tertiary/aromatic N) is 1. The predicted molar refractivity (Wildman–Crippen MR) is 69.2 cm³/mol. The number of sulfonamides is 1. The molecule has 19 heavy (non-hydrogen) atoms. The summed E-state index contributed by atoms with van der Waals surface area (Å²) in [5.74, 6) is 0.365. The lowest BCUT2D eigenvalue weighted by Crippen LogP contribution is -2.30. The first-order valence-electron chi connectivity index (χ1n) is 5.34. The van der Waals surface area contributed by atoms with E-state index in [9.17, 15) is 21.6 Å². The van der Waals surface area contributed by atoms with Crippen molar-refractivity contribution in [2.45, 2.75) is 23.2 Å². The zero-order valence-corrected chi connectivity index (χ0v) is 12.5. The Morgan fingerprint density at radius 3 is 2.53 bits per heavy atom. The largest absolute Gasteiger partial charge is 0.390 e. The van der Waals surface area contributed by atoms with Crippen LogP contribution in [0.3, 0.4) is 0 Å². The van der Waals surface area contributed by atoms with Gasteiger partial charge in [-0.15, -0.1) is 22.9 Å². The Morgan fingerprint density at radius 1 is 1.37 bits per heavy atom. The maximum Gasteiger partial charge on any atom is 0.390 e. The molecule has 0 aliphatic carbocycles. The fourth-order valence-corrected chi connectivity index (χ4v) is 4.34. The summed E-state index contributed by atoms with van der Waals surface area (Å²) < 4.78 is 61.0. The van der Waals surface area contributed by atoms with Crippen LogP contribution in [0.1, 0.15) is 11.3 Å². The number of hydrogen-bond donors (Lipinski definition) is 0. The van der Waals surface area contributed by atoms with Gasteiger partial charge in [0.25, 0.3) is 10.0 Å². The first kappa shape index (κ1) is 16.7. The molecular weight excluding hydrogens is 323 g/mol. The Bertz CT molecular complexity index is 513. The summed E-state index contributed by atoms with van der Waals surface area (Å²) in [6.45, 7) is -0.589. The average molecular weight is 336 g/mol. The summed E-state index contributed by atoms with van der Waals surface area (Å²) in [6, 6.07) is 3.02. The lowest BCUT2D eigenvalue weighted by Gasteiger charge is -2.16. The molecule has 1 aromatic heterocycles. The third-order valence-electron chi connectivity index (χ3n) is 2.35. The molecule has 1 heterocycles. The summed E-state index contributed by atoms with van der Waals surface area (Å²) in [7, 11) is -2.71. The van der Waals surface area contributed by atoms with Gasteiger partial charge in [-0.2, -0.15) is 17.5 Å². The molecule has 0 amide bonds. The zero-order valence-electron chi connectivity index (χ0n) is 10.1. The molecular formula is C10H13ClF3NO2S2. The Hall–Kier alpha value is -0.310. The van der Waals surface area contributed by atoms with Gasteiger partial charge in [0.05, 0.1) is 6.42 Å². The molecule has 3 nitrogen and oxygen atoms in total. The Morgan fingerprint density at radius 2 is 2.00 bits per heavy atom. The molecule has 0 radical (unpaired) electrons. The first-order chi connectivity index (χ1) is 8.66. The van der Waals surface area contributed by atoms with Crippen LogP contribution in [0.25, 0.3) is 0 Å². The van der Waals surface area contributed by atoms with Crippen molar-refractivity contribution in [3.8, 4) is 0 Å². The molecule has 0 aliphatic heterocycles. The Balaban J connectivity index is 2.78. The SMILES string of the molecule is CN(CCC(F)(F)F)S(=O)(=O)c1ccc(CCCl)s1. The van der Waals surface area contributed by atoms with E-state index in [2.05, 4.69) is 0 Å². The molecule has 0 aromatic carbocycles. The highest BCUT2D eigenvalue weighted by Gasteiger charge is 2.30. The van der Waals surface area contributed by atoms with Crippen molar-refractivity contribution in [1.29, 1.82) is 0 Å². The minimum atomic E-state index is -4.37. The van der Waals surface area contributed by atoms with E-state index >= 15 is 0 Å². The normalized spacial score (nSPS) is 13.2. The van der Waals surface area contributed by atoms with Gasteiger partial charge in [-0.3, -0.25) is 0 Å². The topological polar surface area (TPSA) is 37.4 Å². The smallest absolute Gasteiger partial charge is 0.206 e. The molecule has 0 aliphatic rings. The maximum absolute atomic E-state index is 12.1. The van der Waals surface area contributed by atoms with Gasteiger partial charge in [-0.1, -0.05) is 0 Å². The molecule has 0 spiro atoms. The summed E-state index contributed by atoms with van der Waals surface area (Å²) >= 11 is 6.57. The van der Waals surface area contributed by atoms with Gasteiger partial charge >= 0.3 is 6.18 Å². The molecule has 0 bridgehead atoms. The lowest BCUT2D eigenvalue weighted by molar-refractivity contribution is -0.135. The van der Waals surface area contributed by atoms with E-state index in [0.29, 0.717) is 12.3 Å². The van der Waals surface area contributed by atoms with Crippen LogP contribution in [0, 0.1) is 0 Å². The van der Waals surface area contributed by atoms with Gasteiger partial charge < -0.3 is 0 Å².